The van der Waals surface area contributed by atoms with Gasteiger partial charge in [0, 0.05) is 0 Å². The SMILES string of the molecule is C[C@]12CCCC=C1CC[C@@H]1[C@H]2CC[C@]2(C)C(C(=O)O)CC[C@@H]12. The van der Waals surface area contributed by atoms with Crippen LogP contribution >= 0.6 is 0 Å². The maximum atomic E-state index is 11.7. The summed E-state index contributed by atoms with van der Waals surface area (Å²) in [6.45, 7) is 4.83. The highest BCUT2D eigenvalue weighted by Gasteiger charge is 2.59. The quantitative estimate of drug-likeness (QED) is 0.689. The smallest absolute Gasteiger partial charge is 0.307 e. The normalized spacial score (nSPS) is 50.5. The molecule has 4 rings (SSSR count). The van der Waals surface area contributed by atoms with Gasteiger partial charge in [0.15, 0.2) is 0 Å². The van der Waals surface area contributed by atoms with Gasteiger partial charge in [0.05, 0.1) is 5.92 Å². The molecule has 0 spiro atoms. The molecule has 0 radical (unpaired) electrons. The molecule has 122 valence electrons. The summed E-state index contributed by atoms with van der Waals surface area (Å²) < 4.78 is 0. The zero-order valence-electron chi connectivity index (χ0n) is 14.1. The van der Waals surface area contributed by atoms with E-state index in [1.54, 1.807) is 5.57 Å². The lowest BCUT2D eigenvalue weighted by molar-refractivity contribution is -0.149. The van der Waals surface area contributed by atoms with Crippen LogP contribution in [0.2, 0.25) is 0 Å². The molecule has 0 saturated heterocycles. The van der Waals surface area contributed by atoms with Crippen molar-refractivity contribution in [2.24, 2.45) is 34.5 Å². The van der Waals surface area contributed by atoms with Crippen molar-refractivity contribution in [1.29, 1.82) is 0 Å². The number of hydrogen-bond donors (Lipinski definition) is 1. The molecule has 3 saturated carbocycles. The van der Waals surface area contributed by atoms with Crippen LogP contribution in [0, 0.1) is 34.5 Å². The molecule has 0 aromatic rings. The van der Waals surface area contributed by atoms with Crippen LogP contribution in [-0.4, -0.2) is 11.1 Å². The fourth-order valence-corrected chi connectivity index (χ4v) is 7.16. The van der Waals surface area contributed by atoms with Crippen LogP contribution in [0.25, 0.3) is 0 Å². The predicted octanol–water partition coefficient (Wildman–Crippen LogP) is 5.04. The molecule has 0 aromatic carbocycles. The minimum absolute atomic E-state index is 0.0687. The lowest BCUT2D eigenvalue weighted by Crippen LogP contribution is -2.50. The van der Waals surface area contributed by atoms with E-state index in [4.69, 9.17) is 0 Å². The Bertz CT molecular complexity index is 522. The second-order valence-electron chi connectivity index (χ2n) is 8.97. The number of rotatable bonds is 1. The van der Waals surface area contributed by atoms with Crippen molar-refractivity contribution in [2.45, 2.75) is 71.6 Å². The summed E-state index contributed by atoms with van der Waals surface area (Å²) in [6, 6.07) is 0. The maximum Gasteiger partial charge on any atom is 0.307 e. The third kappa shape index (κ3) is 1.82. The molecule has 0 aliphatic heterocycles. The van der Waals surface area contributed by atoms with Crippen molar-refractivity contribution in [3.63, 3.8) is 0 Å². The third-order valence-corrected chi connectivity index (χ3v) is 8.33. The number of carbonyl (C=O) groups is 1. The van der Waals surface area contributed by atoms with Gasteiger partial charge < -0.3 is 5.11 Å². The average Bonchev–Trinajstić information content (AvgIpc) is 2.84. The molecule has 2 heteroatoms. The van der Waals surface area contributed by atoms with Gasteiger partial charge in [-0.25, -0.2) is 0 Å². The molecule has 22 heavy (non-hydrogen) atoms. The number of carboxylic acids is 1. The van der Waals surface area contributed by atoms with Crippen molar-refractivity contribution in [3.05, 3.63) is 11.6 Å². The Morgan fingerprint density at radius 1 is 1.14 bits per heavy atom. The molecule has 1 unspecified atom stereocenters. The van der Waals surface area contributed by atoms with Crippen molar-refractivity contribution >= 4 is 5.97 Å². The van der Waals surface area contributed by atoms with Crippen LogP contribution in [0.5, 0.6) is 0 Å². The zero-order valence-corrected chi connectivity index (χ0v) is 14.1. The maximum absolute atomic E-state index is 11.7. The van der Waals surface area contributed by atoms with E-state index in [1.165, 1.54) is 38.5 Å². The lowest BCUT2D eigenvalue weighted by atomic mass is 9.47. The highest BCUT2D eigenvalue weighted by molar-refractivity contribution is 5.71. The van der Waals surface area contributed by atoms with Gasteiger partial charge in [0.25, 0.3) is 0 Å². The van der Waals surface area contributed by atoms with Gasteiger partial charge in [-0.15, -0.1) is 0 Å². The number of carboxylic acid groups (broad SMARTS) is 1. The summed E-state index contributed by atoms with van der Waals surface area (Å²) in [7, 11) is 0. The van der Waals surface area contributed by atoms with Crippen molar-refractivity contribution in [3.8, 4) is 0 Å². The molecular formula is C20H30O2. The topological polar surface area (TPSA) is 37.3 Å². The molecule has 3 fully saturated rings. The van der Waals surface area contributed by atoms with Crippen LogP contribution in [0.4, 0.5) is 0 Å². The summed E-state index contributed by atoms with van der Waals surface area (Å²) in [5.41, 5.74) is 2.25. The van der Waals surface area contributed by atoms with E-state index in [9.17, 15) is 9.90 Å². The highest BCUT2D eigenvalue weighted by atomic mass is 16.4. The van der Waals surface area contributed by atoms with Gasteiger partial charge in [-0.2, -0.15) is 0 Å². The van der Waals surface area contributed by atoms with Crippen molar-refractivity contribution in [1.82, 2.24) is 0 Å². The summed E-state index contributed by atoms with van der Waals surface area (Å²) in [4.78, 5) is 11.7. The van der Waals surface area contributed by atoms with E-state index in [1.807, 2.05) is 0 Å². The summed E-state index contributed by atoms with van der Waals surface area (Å²) in [5, 5.41) is 9.64. The van der Waals surface area contributed by atoms with Crippen LogP contribution in [-0.2, 0) is 4.79 Å². The molecular weight excluding hydrogens is 272 g/mol. The Hall–Kier alpha value is -0.790. The average molecular weight is 302 g/mol. The van der Waals surface area contributed by atoms with Gasteiger partial charge in [0.2, 0.25) is 0 Å². The van der Waals surface area contributed by atoms with Gasteiger partial charge in [0.1, 0.15) is 0 Å². The highest BCUT2D eigenvalue weighted by Crippen LogP contribution is 2.66. The lowest BCUT2D eigenvalue weighted by Gasteiger charge is -2.58. The Labute approximate surface area is 134 Å². The van der Waals surface area contributed by atoms with E-state index in [0.29, 0.717) is 11.3 Å². The monoisotopic (exact) mass is 302 g/mol. The number of hydrogen-bond acceptors (Lipinski definition) is 1. The Kier molecular flexibility index (Phi) is 3.26. The molecule has 2 nitrogen and oxygen atoms in total. The first kappa shape index (κ1) is 14.8. The van der Waals surface area contributed by atoms with Gasteiger partial charge >= 0.3 is 5.97 Å². The van der Waals surface area contributed by atoms with Crippen molar-refractivity contribution < 1.29 is 9.90 Å². The Morgan fingerprint density at radius 3 is 2.73 bits per heavy atom. The van der Waals surface area contributed by atoms with Gasteiger partial charge in [-0.05, 0) is 86.4 Å². The van der Waals surface area contributed by atoms with Gasteiger partial charge in [-0.1, -0.05) is 25.5 Å². The van der Waals surface area contributed by atoms with E-state index in [-0.39, 0.29) is 11.3 Å². The Balaban J connectivity index is 1.67. The first-order valence-corrected chi connectivity index (χ1v) is 9.39. The molecule has 6 atom stereocenters. The fraction of sp³-hybridized carbons (Fsp3) is 0.850. The number of aliphatic carboxylic acids is 1. The molecule has 4 aliphatic carbocycles. The first-order chi connectivity index (χ1) is 10.5. The van der Waals surface area contributed by atoms with E-state index in [2.05, 4.69) is 19.9 Å². The minimum Gasteiger partial charge on any atom is -0.481 e. The molecule has 4 aliphatic rings. The predicted molar refractivity (Wildman–Crippen MR) is 87.4 cm³/mol. The summed E-state index contributed by atoms with van der Waals surface area (Å²) in [5.74, 6) is 1.63. The number of allylic oxidation sites excluding steroid dienone is 2. The second kappa shape index (κ2) is 4.85. The molecule has 0 aromatic heterocycles. The van der Waals surface area contributed by atoms with Crippen LogP contribution in [0.15, 0.2) is 11.6 Å². The standard InChI is InChI=1S/C20H30O2/c1-19-11-4-3-5-13(19)6-7-14-15-8-9-17(18(21)22)20(15,2)12-10-16(14)19/h5,14-17H,3-4,6-12H2,1-2H3,(H,21,22)/t14-,15-,16+,17?,19-,20-/m0/s1. The first-order valence-electron chi connectivity index (χ1n) is 9.39. The fourth-order valence-electron chi connectivity index (χ4n) is 7.16. The van der Waals surface area contributed by atoms with E-state index in [0.717, 1.165) is 31.1 Å². The van der Waals surface area contributed by atoms with Crippen LogP contribution in [0.1, 0.15) is 71.6 Å². The van der Waals surface area contributed by atoms with Crippen LogP contribution < -0.4 is 0 Å². The van der Waals surface area contributed by atoms with E-state index >= 15 is 0 Å². The molecule has 0 heterocycles. The molecule has 1 N–H and O–H groups in total. The molecule has 0 amide bonds. The largest absolute Gasteiger partial charge is 0.481 e. The van der Waals surface area contributed by atoms with Crippen LogP contribution in [0.3, 0.4) is 0 Å². The summed E-state index contributed by atoms with van der Waals surface area (Å²) >= 11 is 0. The zero-order chi connectivity index (χ0) is 15.5. The number of fused-ring (bicyclic) bond motifs is 5. The third-order valence-electron chi connectivity index (χ3n) is 8.33. The van der Waals surface area contributed by atoms with Gasteiger partial charge in [-0.3, -0.25) is 4.79 Å². The summed E-state index contributed by atoms with van der Waals surface area (Å²) in [6.07, 6.45) is 13.6. The van der Waals surface area contributed by atoms with E-state index < -0.39 is 5.97 Å². The van der Waals surface area contributed by atoms with Crippen molar-refractivity contribution in [2.75, 3.05) is 0 Å². The Morgan fingerprint density at radius 2 is 1.95 bits per heavy atom. The molecule has 0 bridgehead atoms. The second-order valence-corrected chi connectivity index (χ2v) is 8.97. The minimum atomic E-state index is -0.538.